The molecule has 0 saturated heterocycles. The summed E-state index contributed by atoms with van der Waals surface area (Å²) in [5.74, 6) is 0.666. The van der Waals surface area contributed by atoms with Gasteiger partial charge >= 0.3 is 0 Å². The fraction of sp³-hybridized carbons (Fsp3) is 0.700. The molecule has 1 aliphatic heterocycles. The Kier molecular flexibility index (Phi) is 2.99. The van der Waals surface area contributed by atoms with Crippen LogP contribution in [0.3, 0.4) is 0 Å². The smallest absolute Gasteiger partial charge is 0.121 e. The SMILES string of the molecule is CC(C)C1C=CC(C)(CC=O)S1. The van der Waals surface area contributed by atoms with E-state index in [2.05, 4.69) is 32.9 Å². The second-order valence-corrected chi connectivity index (χ2v) is 5.58. The third-order valence-electron chi connectivity index (χ3n) is 2.19. The van der Waals surface area contributed by atoms with Crippen LogP contribution >= 0.6 is 11.8 Å². The van der Waals surface area contributed by atoms with Gasteiger partial charge in [-0.05, 0) is 12.8 Å². The van der Waals surface area contributed by atoms with Gasteiger partial charge in [0.15, 0.2) is 0 Å². The van der Waals surface area contributed by atoms with Crippen LogP contribution in [0.2, 0.25) is 0 Å². The summed E-state index contributed by atoms with van der Waals surface area (Å²) >= 11 is 1.90. The van der Waals surface area contributed by atoms with Gasteiger partial charge in [0.25, 0.3) is 0 Å². The molecule has 0 N–H and O–H groups in total. The van der Waals surface area contributed by atoms with Crippen molar-refractivity contribution in [2.24, 2.45) is 5.92 Å². The Bertz CT molecular complexity index is 198. The van der Waals surface area contributed by atoms with E-state index in [1.54, 1.807) is 0 Å². The first-order chi connectivity index (χ1) is 5.57. The summed E-state index contributed by atoms with van der Waals surface area (Å²) in [6.07, 6.45) is 6.06. The van der Waals surface area contributed by atoms with Crippen LogP contribution in [0.5, 0.6) is 0 Å². The van der Waals surface area contributed by atoms with Crippen LogP contribution in [-0.2, 0) is 4.79 Å². The normalized spacial score (nSPS) is 34.5. The topological polar surface area (TPSA) is 17.1 Å². The van der Waals surface area contributed by atoms with E-state index >= 15 is 0 Å². The van der Waals surface area contributed by atoms with Gasteiger partial charge in [-0.1, -0.05) is 26.0 Å². The lowest BCUT2D eigenvalue weighted by molar-refractivity contribution is -0.108. The van der Waals surface area contributed by atoms with E-state index in [-0.39, 0.29) is 4.75 Å². The number of carbonyl (C=O) groups excluding carboxylic acids is 1. The second-order valence-electron chi connectivity index (χ2n) is 3.87. The predicted molar refractivity (Wildman–Crippen MR) is 54.4 cm³/mol. The number of hydrogen-bond donors (Lipinski definition) is 0. The molecule has 1 rings (SSSR count). The third kappa shape index (κ3) is 2.13. The first-order valence-corrected chi connectivity index (χ1v) is 5.26. The van der Waals surface area contributed by atoms with Gasteiger partial charge in [0.05, 0.1) is 0 Å². The molecule has 2 unspecified atom stereocenters. The van der Waals surface area contributed by atoms with Crippen molar-refractivity contribution in [2.45, 2.75) is 37.2 Å². The Labute approximate surface area is 78.6 Å². The van der Waals surface area contributed by atoms with Crippen molar-refractivity contribution < 1.29 is 4.79 Å². The van der Waals surface area contributed by atoms with Crippen LogP contribution in [0, 0.1) is 5.92 Å². The fourth-order valence-corrected chi connectivity index (χ4v) is 2.70. The first kappa shape index (κ1) is 9.85. The minimum atomic E-state index is 0.0662. The summed E-state index contributed by atoms with van der Waals surface area (Å²) in [6.45, 7) is 6.56. The van der Waals surface area contributed by atoms with Gasteiger partial charge in [0.1, 0.15) is 6.29 Å². The van der Waals surface area contributed by atoms with Gasteiger partial charge in [0.2, 0.25) is 0 Å². The lowest BCUT2D eigenvalue weighted by Crippen LogP contribution is -2.17. The van der Waals surface area contributed by atoms with Crippen molar-refractivity contribution in [2.75, 3.05) is 0 Å². The summed E-state index contributed by atoms with van der Waals surface area (Å²) < 4.78 is 0.0662. The predicted octanol–water partition coefficient (Wildman–Crippen LogP) is 2.66. The van der Waals surface area contributed by atoms with Crippen molar-refractivity contribution in [3.63, 3.8) is 0 Å². The van der Waals surface area contributed by atoms with Crippen LogP contribution in [0.15, 0.2) is 12.2 Å². The quantitative estimate of drug-likeness (QED) is 0.495. The van der Waals surface area contributed by atoms with Crippen LogP contribution in [0.25, 0.3) is 0 Å². The summed E-state index contributed by atoms with van der Waals surface area (Å²) in [4.78, 5) is 10.4. The third-order valence-corrected chi connectivity index (χ3v) is 4.00. The van der Waals surface area contributed by atoms with Gasteiger partial charge in [-0.25, -0.2) is 0 Å². The van der Waals surface area contributed by atoms with E-state index in [9.17, 15) is 4.79 Å². The molecule has 12 heavy (non-hydrogen) atoms. The first-order valence-electron chi connectivity index (χ1n) is 4.38. The van der Waals surface area contributed by atoms with Gasteiger partial charge in [-0.3, -0.25) is 0 Å². The number of thioether (sulfide) groups is 1. The second kappa shape index (κ2) is 3.65. The van der Waals surface area contributed by atoms with Crippen LogP contribution in [0.4, 0.5) is 0 Å². The zero-order valence-electron chi connectivity index (χ0n) is 7.91. The molecular formula is C10H16OS. The molecule has 0 saturated carbocycles. The maximum atomic E-state index is 10.4. The van der Waals surface area contributed by atoms with Crippen molar-refractivity contribution in [3.05, 3.63) is 12.2 Å². The molecule has 1 aliphatic rings. The number of rotatable bonds is 3. The van der Waals surface area contributed by atoms with E-state index < -0.39 is 0 Å². The van der Waals surface area contributed by atoms with E-state index in [4.69, 9.17) is 0 Å². The minimum Gasteiger partial charge on any atom is -0.303 e. The molecule has 0 bridgehead atoms. The van der Waals surface area contributed by atoms with Crippen molar-refractivity contribution in [1.29, 1.82) is 0 Å². The fourth-order valence-electron chi connectivity index (χ4n) is 1.33. The van der Waals surface area contributed by atoms with Crippen LogP contribution in [-0.4, -0.2) is 16.3 Å². The van der Waals surface area contributed by atoms with Crippen LogP contribution in [0.1, 0.15) is 27.2 Å². The Morgan fingerprint density at radius 1 is 1.67 bits per heavy atom. The molecule has 0 radical (unpaired) electrons. The molecule has 0 fully saturated rings. The maximum absolute atomic E-state index is 10.4. The Morgan fingerprint density at radius 2 is 2.33 bits per heavy atom. The summed E-state index contributed by atoms with van der Waals surface area (Å²) in [7, 11) is 0. The minimum absolute atomic E-state index is 0.0662. The highest BCUT2D eigenvalue weighted by atomic mass is 32.2. The average molecular weight is 184 g/mol. The standard InChI is InChI=1S/C10H16OS/c1-8(2)9-4-5-10(3,12-9)6-7-11/h4-5,7-9H,6H2,1-3H3. The molecule has 0 aromatic carbocycles. The molecule has 0 spiro atoms. The molecule has 0 aromatic heterocycles. The highest BCUT2D eigenvalue weighted by Gasteiger charge is 2.31. The van der Waals surface area contributed by atoms with E-state index in [0.717, 1.165) is 6.29 Å². The maximum Gasteiger partial charge on any atom is 0.121 e. The summed E-state index contributed by atoms with van der Waals surface area (Å²) in [5, 5.41) is 0.593. The lowest BCUT2D eigenvalue weighted by atomic mass is 10.1. The molecule has 0 aromatic rings. The molecule has 0 amide bonds. The van der Waals surface area contributed by atoms with Gasteiger partial charge in [-0.15, -0.1) is 11.8 Å². The molecule has 1 nitrogen and oxygen atoms in total. The summed E-state index contributed by atoms with van der Waals surface area (Å²) in [5.41, 5.74) is 0. The Morgan fingerprint density at radius 3 is 2.75 bits per heavy atom. The van der Waals surface area contributed by atoms with E-state index in [1.807, 2.05) is 11.8 Å². The largest absolute Gasteiger partial charge is 0.303 e. The summed E-state index contributed by atoms with van der Waals surface area (Å²) in [6, 6.07) is 0. The lowest BCUT2D eigenvalue weighted by Gasteiger charge is -2.21. The van der Waals surface area contributed by atoms with E-state index in [1.165, 1.54) is 0 Å². The number of hydrogen-bond acceptors (Lipinski definition) is 2. The molecular weight excluding hydrogens is 168 g/mol. The van der Waals surface area contributed by atoms with Gasteiger partial charge in [0, 0.05) is 16.4 Å². The monoisotopic (exact) mass is 184 g/mol. The highest BCUT2D eigenvalue weighted by molar-refractivity contribution is 8.01. The average Bonchev–Trinajstić information content (AvgIpc) is 2.33. The molecule has 68 valence electrons. The van der Waals surface area contributed by atoms with Crippen molar-refractivity contribution in [3.8, 4) is 0 Å². The van der Waals surface area contributed by atoms with E-state index in [0.29, 0.717) is 17.6 Å². The molecule has 0 aliphatic carbocycles. The molecule has 1 heterocycles. The zero-order chi connectivity index (χ0) is 9.19. The Balaban J connectivity index is 2.56. The molecule has 2 heteroatoms. The Hall–Kier alpha value is -0.240. The van der Waals surface area contributed by atoms with Gasteiger partial charge in [-0.2, -0.15) is 0 Å². The number of aldehydes is 1. The van der Waals surface area contributed by atoms with Crippen molar-refractivity contribution in [1.82, 2.24) is 0 Å². The van der Waals surface area contributed by atoms with Crippen LogP contribution < -0.4 is 0 Å². The van der Waals surface area contributed by atoms with Gasteiger partial charge < -0.3 is 4.79 Å². The molecule has 2 atom stereocenters. The van der Waals surface area contributed by atoms with Crippen molar-refractivity contribution >= 4 is 18.0 Å². The highest BCUT2D eigenvalue weighted by Crippen LogP contribution is 2.42. The zero-order valence-corrected chi connectivity index (χ0v) is 8.73. The number of carbonyl (C=O) groups is 1.